The minimum Gasteiger partial charge on any atom is -3.00 e. The van der Waals surface area contributed by atoms with Gasteiger partial charge in [0.1, 0.15) is 0 Å². The van der Waals surface area contributed by atoms with Crippen LogP contribution in [0.25, 0.3) is 0 Å². The van der Waals surface area contributed by atoms with Crippen molar-refractivity contribution < 1.29 is 119 Å². The maximum absolute atomic E-state index is 0. The summed E-state index contributed by atoms with van der Waals surface area (Å²) in [6.45, 7) is 0. The van der Waals surface area contributed by atoms with Gasteiger partial charge in [0.05, 0.1) is 0 Å². The molecule has 0 rings (SSSR count). The van der Waals surface area contributed by atoms with Gasteiger partial charge in [-0.2, -0.15) is 0 Å². The Bertz CT molecular complexity index is 21.9. The van der Waals surface area contributed by atoms with Gasteiger partial charge in [-0.15, -0.1) is 0 Å². The second-order valence-electron chi connectivity index (χ2n) is 0. The zero-order chi connectivity index (χ0) is 0. The predicted octanol–water partition coefficient (Wildman–Crippen LogP) is 9.46. The first-order valence-corrected chi connectivity index (χ1v) is 0. The van der Waals surface area contributed by atoms with Gasteiger partial charge in [0, 0.05) is 0 Å². The molecular formula is Mo3P11V3. The molecule has 0 aromatic carbocycles. The molecule has 88 valence electrons. The SMILES string of the molecule is [Mo+6].[Mo+6].[Mo+6].[P-3].[P-3].[P-3].[P-3].[P-3].[P-3].[P-3].[P-3].[P-3].[P-3].[P-3].[V+5].[V+5].[V+5]. The summed E-state index contributed by atoms with van der Waals surface area (Å²) in [5.41, 5.74) is 0. The fourth-order valence-corrected chi connectivity index (χ4v) is 0. The maximum Gasteiger partial charge on any atom is 6.00 e. The van der Waals surface area contributed by atoms with Gasteiger partial charge in [0.2, 0.25) is 0 Å². The van der Waals surface area contributed by atoms with E-state index in [0.29, 0.717) is 0 Å². The first kappa shape index (κ1) is 211. The zero-order valence-electron chi connectivity index (χ0n) is 7.49. The first-order chi connectivity index (χ1) is 0. The van der Waals surface area contributed by atoms with Crippen molar-refractivity contribution in [1.29, 1.82) is 0 Å². The molecule has 0 aliphatic heterocycles. The summed E-state index contributed by atoms with van der Waals surface area (Å²) < 4.78 is 0. The van der Waals surface area contributed by atoms with E-state index in [-0.39, 0.29) is 228 Å². The molecule has 0 aromatic rings. The third kappa shape index (κ3) is 171. The van der Waals surface area contributed by atoms with Gasteiger partial charge in [0.15, 0.2) is 0 Å². The first-order valence-electron chi connectivity index (χ1n) is 0. The van der Waals surface area contributed by atoms with Gasteiger partial charge in [-0.3, -0.25) is 0 Å². The van der Waals surface area contributed by atoms with E-state index in [4.69, 9.17) is 0 Å². The van der Waals surface area contributed by atoms with E-state index in [9.17, 15) is 0 Å². The molecule has 0 aromatic heterocycles. The average Bonchev–Trinajstić information content (AvgIpc) is 0. The van der Waals surface area contributed by atoms with Crippen LogP contribution in [0.4, 0.5) is 0 Å². The van der Waals surface area contributed by atoms with E-state index < -0.39 is 0 Å². The standard InChI is InChI=1S/3Mo.11P.3V/q3*+6;11*-3;3*+5. The molecule has 0 fully saturated rings. The van der Waals surface area contributed by atoms with Crippen LogP contribution in [0.15, 0.2) is 0 Å². The van der Waals surface area contributed by atoms with E-state index in [1.165, 1.54) is 0 Å². The molecule has 0 saturated heterocycles. The minimum atomic E-state index is 0. The van der Waals surface area contributed by atoms with Gasteiger partial charge in [-0.1, -0.05) is 0 Å². The molecule has 0 atom stereocenters. The molecule has 0 amide bonds. The second kappa shape index (κ2) is 186. The number of hydrogen-bond acceptors (Lipinski definition) is 0. The van der Waals surface area contributed by atoms with Crippen LogP contribution in [-0.2, 0) is 119 Å². The third-order valence-electron chi connectivity index (χ3n) is 0. The van der Waals surface area contributed by atoms with Crippen LogP contribution in [0.2, 0.25) is 0 Å². The molecule has 0 bridgehead atoms. The molecule has 0 heterocycles. The molecule has 0 saturated carbocycles. The Morgan fingerprint density at radius 2 is 0.176 bits per heavy atom. The Morgan fingerprint density at radius 3 is 0.176 bits per heavy atom. The zero-order valence-corrected chi connectivity index (χ0v) is 27.5. The fourth-order valence-electron chi connectivity index (χ4n) is 0. The largest absolute Gasteiger partial charge is 6.00 e. The van der Waals surface area contributed by atoms with Crippen molar-refractivity contribution in [3.8, 4) is 0 Å². The Kier molecular flexibility index (Phi) is 2310. The summed E-state index contributed by atoms with van der Waals surface area (Å²) >= 11 is 0. The third-order valence-corrected chi connectivity index (χ3v) is 0. The Hall–Kier alpha value is 8.55. The molecule has 0 unspecified atom stereocenters. The molecule has 0 spiro atoms. The van der Waals surface area contributed by atoms with Crippen molar-refractivity contribution >= 4 is 109 Å². The molecule has 0 aliphatic rings. The summed E-state index contributed by atoms with van der Waals surface area (Å²) in [4.78, 5) is 0. The summed E-state index contributed by atoms with van der Waals surface area (Å²) in [6.07, 6.45) is 0. The Morgan fingerprint density at radius 1 is 0.176 bits per heavy atom. The van der Waals surface area contributed by atoms with Gasteiger partial charge in [-0.05, 0) is 0 Å². The molecule has 0 radical (unpaired) electrons. The van der Waals surface area contributed by atoms with Crippen LogP contribution in [0.5, 0.6) is 0 Å². The summed E-state index contributed by atoms with van der Waals surface area (Å²) in [5, 5.41) is 0. The summed E-state index contributed by atoms with van der Waals surface area (Å²) in [7, 11) is 0. The van der Waals surface area contributed by atoms with Crippen LogP contribution >= 0.6 is 109 Å². The molecule has 0 nitrogen and oxygen atoms in total. The molecular weight excluding hydrogens is 781 g/mol. The minimum absolute atomic E-state index is 0. The van der Waals surface area contributed by atoms with Gasteiger partial charge < -0.3 is 109 Å². The van der Waals surface area contributed by atoms with Crippen LogP contribution in [0.1, 0.15) is 0 Å². The van der Waals surface area contributed by atoms with Crippen molar-refractivity contribution in [2.24, 2.45) is 0 Å². The fraction of sp³-hybridized carbons (Fsp3) is 0. The summed E-state index contributed by atoms with van der Waals surface area (Å²) in [5.74, 6) is 0. The number of hydrogen-bond donors (Lipinski definition) is 0. The van der Waals surface area contributed by atoms with Gasteiger partial charge >= 0.3 is 119 Å². The Balaban J connectivity index is 0. The quantitative estimate of drug-likeness (QED) is 0.170. The van der Waals surface area contributed by atoms with Crippen LogP contribution in [0.3, 0.4) is 0 Å². The number of rotatable bonds is 0. The second-order valence-corrected chi connectivity index (χ2v) is 0. The average molecular weight is 781 g/mol. The molecule has 17 heavy (non-hydrogen) atoms. The van der Waals surface area contributed by atoms with E-state index in [1.807, 2.05) is 0 Å². The summed E-state index contributed by atoms with van der Waals surface area (Å²) in [6, 6.07) is 0. The topological polar surface area (TPSA) is 0 Å². The van der Waals surface area contributed by atoms with E-state index >= 15 is 0 Å². The van der Waals surface area contributed by atoms with E-state index in [0.717, 1.165) is 0 Å². The van der Waals surface area contributed by atoms with Crippen molar-refractivity contribution in [3.05, 3.63) is 0 Å². The van der Waals surface area contributed by atoms with Gasteiger partial charge in [-0.25, -0.2) is 0 Å². The van der Waals surface area contributed by atoms with Crippen LogP contribution in [-0.4, -0.2) is 0 Å². The molecule has 0 N–H and O–H groups in total. The van der Waals surface area contributed by atoms with Gasteiger partial charge in [0.25, 0.3) is 0 Å². The normalized spacial score (nSPS) is 0. The Labute approximate surface area is 224 Å². The smallest absolute Gasteiger partial charge is 3.00 e. The van der Waals surface area contributed by atoms with E-state index in [2.05, 4.69) is 0 Å². The van der Waals surface area contributed by atoms with E-state index in [1.54, 1.807) is 0 Å². The van der Waals surface area contributed by atoms with Crippen LogP contribution in [0, 0.1) is 0 Å². The van der Waals surface area contributed by atoms with Crippen molar-refractivity contribution in [1.82, 2.24) is 0 Å². The monoisotopic (exact) mass is 787 g/mol. The van der Waals surface area contributed by atoms with Crippen molar-refractivity contribution in [2.75, 3.05) is 0 Å². The maximum atomic E-state index is 0. The molecule has 17 heteroatoms. The van der Waals surface area contributed by atoms with Crippen molar-refractivity contribution in [2.45, 2.75) is 0 Å². The van der Waals surface area contributed by atoms with Crippen LogP contribution < -0.4 is 0 Å². The predicted molar refractivity (Wildman–Crippen MR) is 76.1 cm³/mol. The molecule has 0 aliphatic carbocycles. The van der Waals surface area contributed by atoms with Crippen molar-refractivity contribution in [3.63, 3.8) is 0 Å².